The van der Waals surface area contributed by atoms with Crippen molar-refractivity contribution in [2.45, 2.75) is 58.7 Å². The predicted octanol–water partition coefficient (Wildman–Crippen LogP) is 5.12. The van der Waals surface area contributed by atoms with Crippen LogP contribution in [0.3, 0.4) is 0 Å². The first kappa shape index (κ1) is 18.9. The number of benzene rings is 1. The third kappa shape index (κ3) is 3.87. The summed E-state index contributed by atoms with van der Waals surface area (Å²) in [6.07, 6.45) is 6.68. The number of hydrogen-bond donors (Lipinski definition) is 0. The number of hydrogen-bond acceptors (Lipinski definition) is 4. The van der Waals surface area contributed by atoms with E-state index >= 15 is 0 Å². The lowest BCUT2D eigenvalue weighted by Gasteiger charge is -2.28. The van der Waals surface area contributed by atoms with Crippen LogP contribution in [0.2, 0.25) is 0 Å². The molecule has 2 aromatic heterocycles. The van der Waals surface area contributed by atoms with Gasteiger partial charge < -0.3 is 4.52 Å². The molecule has 6 heteroatoms. The number of aromatic nitrogens is 3. The molecule has 0 radical (unpaired) electrons. The molecule has 4 rings (SSSR count). The third-order valence-electron chi connectivity index (χ3n) is 5.74. The number of rotatable bonds is 5. The highest BCUT2D eigenvalue weighted by atomic mass is 19.1. The van der Waals surface area contributed by atoms with E-state index in [1.54, 1.807) is 12.1 Å². The Balaban J connectivity index is 1.58. The van der Waals surface area contributed by atoms with Crippen LogP contribution >= 0.6 is 0 Å². The molecule has 0 bridgehead atoms. The molecule has 1 atom stereocenters. The summed E-state index contributed by atoms with van der Waals surface area (Å²) in [7, 11) is 0. The standard InChI is InChI=1S/C22H27FN4O/c1-3-27-16(2)18(14-24-27)15-26-12-6-4-5-7-21(26)20-13-22(28-25-20)17-8-10-19(23)11-9-17/h8-11,13-14,21H,3-7,12,15H2,1-2H3/t21-/m0/s1. The molecule has 0 spiro atoms. The van der Waals surface area contributed by atoms with Crippen LogP contribution in [-0.4, -0.2) is 26.4 Å². The third-order valence-corrected chi connectivity index (χ3v) is 5.74. The van der Waals surface area contributed by atoms with Gasteiger partial charge in [-0.1, -0.05) is 18.0 Å². The van der Waals surface area contributed by atoms with Crippen molar-refractivity contribution in [2.75, 3.05) is 6.54 Å². The van der Waals surface area contributed by atoms with Crippen molar-refractivity contribution >= 4 is 0 Å². The highest BCUT2D eigenvalue weighted by Crippen LogP contribution is 2.33. The lowest BCUT2D eigenvalue weighted by Crippen LogP contribution is -2.28. The fourth-order valence-corrected chi connectivity index (χ4v) is 4.07. The zero-order valence-electron chi connectivity index (χ0n) is 16.6. The Kier molecular flexibility index (Phi) is 5.57. The monoisotopic (exact) mass is 382 g/mol. The molecule has 28 heavy (non-hydrogen) atoms. The molecule has 148 valence electrons. The average Bonchev–Trinajstić information content (AvgIpc) is 3.25. The van der Waals surface area contributed by atoms with E-state index in [1.165, 1.54) is 42.7 Å². The molecule has 3 heterocycles. The highest BCUT2D eigenvalue weighted by molar-refractivity contribution is 5.57. The van der Waals surface area contributed by atoms with Gasteiger partial charge in [-0.05, 0) is 57.5 Å². The van der Waals surface area contributed by atoms with Crippen molar-refractivity contribution in [3.63, 3.8) is 0 Å². The maximum absolute atomic E-state index is 13.2. The maximum Gasteiger partial charge on any atom is 0.167 e. The minimum absolute atomic E-state index is 0.227. The van der Waals surface area contributed by atoms with Gasteiger partial charge >= 0.3 is 0 Å². The first-order valence-corrected chi connectivity index (χ1v) is 10.1. The maximum atomic E-state index is 13.2. The van der Waals surface area contributed by atoms with Crippen molar-refractivity contribution in [1.29, 1.82) is 0 Å². The van der Waals surface area contributed by atoms with E-state index in [4.69, 9.17) is 4.52 Å². The molecule has 1 aliphatic heterocycles. The molecule has 3 aromatic rings. The summed E-state index contributed by atoms with van der Waals surface area (Å²) >= 11 is 0. The van der Waals surface area contributed by atoms with Gasteiger partial charge in [0.15, 0.2) is 5.76 Å². The average molecular weight is 382 g/mol. The summed E-state index contributed by atoms with van der Waals surface area (Å²) in [6, 6.07) is 8.59. The van der Waals surface area contributed by atoms with Crippen LogP contribution in [-0.2, 0) is 13.1 Å². The minimum atomic E-state index is -0.249. The Hall–Kier alpha value is -2.47. The molecule has 0 N–H and O–H groups in total. The van der Waals surface area contributed by atoms with E-state index in [-0.39, 0.29) is 11.9 Å². The summed E-state index contributed by atoms with van der Waals surface area (Å²) in [5.74, 6) is 0.440. The first-order valence-electron chi connectivity index (χ1n) is 10.1. The van der Waals surface area contributed by atoms with E-state index in [0.717, 1.165) is 37.3 Å². The molecular weight excluding hydrogens is 355 g/mol. The van der Waals surface area contributed by atoms with Gasteiger partial charge in [-0.15, -0.1) is 0 Å². The van der Waals surface area contributed by atoms with Crippen LogP contribution in [0, 0.1) is 12.7 Å². The molecule has 1 fully saturated rings. The molecule has 5 nitrogen and oxygen atoms in total. The van der Waals surface area contributed by atoms with E-state index in [0.29, 0.717) is 5.76 Å². The van der Waals surface area contributed by atoms with Crippen LogP contribution in [0.1, 0.15) is 55.6 Å². The molecule has 1 aromatic carbocycles. The lowest BCUT2D eigenvalue weighted by atomic mass is 10.0. The Morgan fingerprint density at radius 1 is 1.18 bits per heavy atom. The van der Waals surface area contributed by atoms with Gasteiger partial charge in [0.05, 0.1) is 12.2 Å². The van der Waals surface area contributed by atoms with Crippen molar-refractivity contribution in [2.24, 2.45) is 0 Å². The van der Waals surface area contributed by atoms with E-state index < -0.39 is 0 Å². The zero-order valence-corrected chi connectivity index (χ0v) is 16.6. The van der Waals surface area contributed by atoms with E-state index in [2.05, 4.69) is 29.0 Å². The zero-order chi connectivity index (χ0) is 19.5. The molecule has 0 unspecified atom stereocenters. The van der Waals surface area contributed by atoms with Gasteiger partial charge in [0.1, 0.15) is 11.5 Å². The van der Waals surface area contributed by atoms with Crippen LogP contribution in [0.25, 0.3) is 11.3 Å². The van der Waals surface area contributed by atoms with Crippen LogP contribution in [0.5, 0.6) is 0 Å². The van der Waals surface area contributed by atoms with Crippen molar-refractivity contribution in [1.82, 2.24) is 19.8 Å². The summed E-state index contributed by atoms with van der Waals surface area (Å²) in [5.41, 5.74) is 4.32. The van der Waals surface area contributed by atoms with Gasteiger partial charge in [-0.2, -0.15) is 5.10 Å². The fraction of sp³-hybridized carbons (Fsp3) is 0.455. The molecule has 0 saturated carbocycles. The van der Waals surface area contributed by atoms with Gasteiger partial charge in [-0.3, -0.25) is 9.58 Å². The topological polar surface area (TPSA) is 47.1 Å². The van der Waals surface area contributed by atoms with E-state index in [9.17, 15) is 4.39 Å². The highest BCUT2D eigenvalue weighted by Gasteiger charge is 2.27. The van der Waals surface area contributed by atoms with Crippen molar-refractivity contribution in [3.8, 4) is 11.3 Å². The summed E-state index contributed by atoms with van der Waals surface area (Å²) < 4.78 is 20.9. The Labute approximate surface area is 165 Å². The number of aryl methyl sites for hydroxylation is 1. The molecular formula is C22H27FN4O. The smallest absolute Gasteiger partial charge is 0.167 e. The number of likely N-dealkylation sites (tertiary alicyclic amines) is 1. The summed E-state index contributed by atoms with van der Waals surface area (Å²) in [4.78, 5) is 2.50. The van der Waals surface area contributed by atoms with Crippen molar-refractivity contribution in [3.05, 3.63) is 59.3 Å². The van der Waals surface area contributed by atoms with Gasteiger partial charge in [0.25, 0.3) is 0 Å². The second-order valence-electron chi connectivity index (χ2n) is 7.53. The van der Waals surface area contributed by atoms with Crippen LogP contribution < -0.4 is 0 Å². The normalized spacial score (nSPS) is 18.3. The molecule has 0 aliphatic carbocycles. The summed E-state index contributed by atoms with van der Waals surface area (Å²) in [6.45, 7) is 7.06. The van der Waals surface area contributed by atoms with Gasteiger partial charge in [-0.25, -0.2) is 4.39 Å². The summed E-state index contributed by atoms with van der Waals surface area (Å²) in [5, 5.41) is 8.88. The minimum Gasteiger partial charge on any atom is -0.356 e. The number of nitrogens with zero attached hydrogens (tertiary/aromatic N) is 4. The number of halogens is 1. The fourth-order valence-electron chi connectivity index (χ4n) is 4.07. The molecule has 1 saturated heterocycles. The largest absolute Gasteiger partial charge is 0.356 e. The first-order chi connectivity index (χ1) is 13.7. The van der Waals surface area contributed by atoms with Gasteiger partial charge in [0.2, 0.25) is 0 Å². The quantitative estimate of drug-likeness (QED) is 0.614. The Morgan fingerprint density at radius 2 is 2.00 bits per heavy atom. The second kappa shape index (κ2) is 8.27. The van der Waals surface area contributed by atoms with Gasteiger partial charge in [0, 0.05) is 36.0 Å². The lowest BCUT2D eigenvalue weighted by molar-refractivity contribution is 0.183. The van der Waals surface area contributed by atoms with Crippen molar-refractivity contribution < 1.29 is 8.91 Å². The van der Waals surface area contributed by atoms with Crippen LogP contribution in [0.15, 0.2) is 41.1 Å². The Bertz CT molecular complexity index is 915. The molecule has 0 amide bonds. The van der Waals surface area contributed by atoms with Crippen LogP contribution in [0.4, 0.5) is 4.39 Å². The SMILES string of the molecule is CCn1ncc(CN2CCCCC[C@H]2c2cc(-c3ccc(F)cc3)on2)c1C. The second-order valence-corrected chi connectivity index (χ2v) is 7.53. The Morgan fingerprint density at radius 3 is 2.75 bits per heavy atom. The van der Waals surface area contributed by atoms with E-state index in [1.807, 2.05) is 16.9 Å². The predicted molar refractivity (Wildman–Crippen MR) is 106 cm³/mol. The molecule has 1 aliphatic rings.